The highest BCUT2D eigenvalue weighted by Crippen LogP contribution is 2.31. The van der Waals surface area contributed by atoms with Crippen LogP contribution in [-0.2, 0) is 0 Å². The molecule has 1 saturated heterocycles. The average Bonchev–Trinajstić information content (AvgIpc) is 2.92. The van der Waals surface area contributed by atoms with Crippen molar-refractivity contribution in [2.24, 2.45) is 0 Å². The summed E-state index contributed by atoms with van der Waals surface area (Å²) >= 11 is 0. The number of para-hydroxylation sites is 1. The molecule has 1 unspecified atom stereocenters. The maximum atomic E-state index is 9.94. The Balaban J connectivity index is 2.06. The van der Waals surface area contributed by atoms with Crippen LogP contribution in [0.4, 0.5) is 0 Å². The van der Waals surface area contributed by atoms with Crippen LogP contribution in [-0.4, -0.2) is 28.2 Å². The summed E-state index contributed by atoms with van der Waals surface area (Å²) in [4.78, 5) is 9.22. The molecule has 2 aromatic rings. The number of hydrogen-bond acceptors (Lipinski definition) is 4. The van der Waals surface area contributed by atoms with Crippen molar-refractivity contribution in [2.75, 3.05) is 13.1 Å². The van der Waals surface area contributed by atoms with Crippen molar-refractivity contribution in [3.63, 3.8) is 0 Å². The molecule has 1 aromatic carbocycles. The van der Waals surface area contributed by atoms with Crippen molar-refractivity contribution in [2.45, 2.75) is 26.2 Å². The van der Waals surface area contributed by atoms with Gasteiger partial charge in [0, 0.05) is 23.9 Å². The molecule has 1 aliphatic heterocycles. The number of phenols is 1. The van der Waals surface area contributed by atoms with Crippen molar-refractivity contribution in [1.29, 1.82) is 0 Å². The average molecular weight is 269 g/mol. The molecule has 1 aliphatic rings. The van der Waals surface area contributed by atoms with Gasteiger partial charge in [-0.05, 0) is 44.5 Å². The molecule has 4 nitrogen and oxygen atoms in total. The first-order chi connectivity index (χ1) is 9.66. The first-order valence-corrected chi connectivity index (χ1v) is 7.01. The molecule has 0 aliphatic carbocycles. The Hall–Kier alpha value is -1.94. The highest BCUT2D eigenvalue weighted by Gasteiger charge is 2.22. The summed E-state index contributed by atoms with van der Waals surface area (Å²) in [6, 6.07) is 7.20. The largest absolute Gasteiger partial charge is 0.507 e. The van der Waals surface area contributed by atoms with E-state index >= 15 is 0 Å². The fourth-order valence-electron chi connectivity index (χ4n) is 3.00. The monoisotopic (exact) mass is 269 g/mol. The second-order valence-corrected chi connectivity index (χ2v) is 5.34. The molecule has 20 heavy (non-hydrogen) atoms. The molecule has 0 bridgehead atoms. The lowest BCUT2D eigenvalue weighted by atomic mass is 9.95. The van der Waals surface area contributed by atoms with E-state index in [2.05, 4.69) is 15.3 Å². The Kier molecular flexibility index (Phi) is 3.40. The molecule has 2 heterocycles. The van der Waals surface area contributed by atoms with E-state index in [0.29, 0.717) is 17.3 Å². The van der Waals surface area contributed by atoms with Gasteiger partial charge in [0.25, 0.3) is 0 Å². The molecular formula is C16H19N3O. The van der Waals surface area contributed by atoms with E-state index in [1.54, 1.807) is 12.1 Å². The Morgan fingerprint density at radius 2 is 1.85 bits per heavy atom. The zero-order valence-electron chi connectivity index (χ0n) is 11.8. The van der Waals surface area contributed by atoms with E-state index in [-0.39, 0.29) is 5.75 Å². The van der Waals surface area contributed by atoms with E-state index in [4.69, 9.17) is 0 Å². The summed E-state index contributed by atoms with van der Waals surface area (Å²) in [6.45, 7) is 6.13. The van der Waals surface area contributed by atoms with E-state index < -0.39 is 0 Å². The van der Waals surface area contributed by atoms with Crippen molar-refractivity contribution >= 4 is 0 Å². The van der Waals surface area contributed by atoms with Crippen LogP contribution in [0.25, 0.3) is 11.4 Å². The molecule has 0 radical (unpaired) electrons. The number of aromatic hydroxyl groups is 1. The third-order valence-corrected chi connectivity index (χ3v) is 3.94. The minimum Gasteiger partial charge on any atom is -0.507 e. The lowest BCUT2D eigenvalue weighted by molar-refractivity contribution is 0.477. The van der Waals surface area contributed by atoms with Crippen LogP contribution >= 0.6 is 0 Å². The number of aryl methyl sites for hydroxylation is 2. The predicted molar refractivity (Wildman–Crippen MR) is 78.8 cm³/mol. The molecule has 1 atom stereocenters. The van der Waals surface area contributed by atoms with Gasteiger partial charge in [-0.3, -0.25) is 0 Å². The molecule has 4 heteroatoms. The molecule has 3 rings (SSSR count). The van der Waals surface area contributed by atoms with Gasteiger partial charge < -0.3 is 10.4 Å². The van der Waals surface area contributed by atoms with Gasteiger partial charge in [0.1, 0.15) is 5.75 Å². The van der Waals surface area contributed by atoms with E-state index in [0.717, 1.165) is 30.9 Å². The van der Waals surface area contributed by atoms with Crippen molar-refractivity contribution in [3.8, 4) is 17.1 Å². The van der Waals surface area contributed by atoms with E-state index in [1.807, 2.05) is 26.0 Å². The summed E-state index contributed by atoms with van der Waals surface area (Å²) in [6.07, 6.45) is 1.14. The van der Waals surface area contributed by atoms with Gasteiger partial charge in [0.15, 0.2) is 5.82 Å². The van der Waals surface area contributed by atoms with Crippen molar-refractivity contribution in [3.05, 3.63) is 41.2 Å². The van der Waals surface area contributed by atoms with Crippen LogP contribution in [0, 0.1) is 13.8 Å². The van der Waals surface area contributed by atoms with Crippen LogP contribution in [0.3, 0.4) is 0 Å². The Labute approximate surface area is 118 Å². The molecule has 104 valence electrons. The molecular weight excluding hydrogens is 250 g/mol. The molecule has 1 aromatic heterocycles. The van der Waals surface area contributed by atoms with Crippen LogP contribution in [0.5, 0.6) is 5.75 Å². The fourth-order valence-corrected chi connectivity index (χ4v) is 3.00. The van der Waals surface area contributed by atoms with Gasteiger partial charge in [-0.2, -0.15) is 0 Å². The highest BCUT2D eigenvalue weighted by atomic mass is 16.3. The van der Waals surface area contributed by atoms with Crippen molar-refractivity contribution < 1.29 is 5.11 Å². The third kappa shape index (κ3) is 2.27. The van der Waals surface area contributed by atoms with Crippen LogP contribution in [0.15, 0.2) is 24.3 Å². The zero-order chi connectivity index (χ0) is 14.1. The number of nitrogens with one attached hydrogen (secondary N) is 1. The van der Waals surface area contributed by atoms with Crippen LogP contribution in [0.1, 0.15) is 29.3 Å². The summed E-state index contributed by atoms with van der Waals surface area (Å²) in [5, 5.41) is 13.3. The van der Waals surface area contributed by atoms with Crippen molar-refractivity contribution in [1.82, 2.24) is 15.3 Å². The Morgan fingerprint density at radius 1 is 1.15 bits per heavy atom. The topological polar surface area (TPSA) is 58.0 Å². The highest BCUT2D eigenvalue weighted by molar-refractivity contribution is 5.63. The number of hydrogen-bond donors (Lipinski definition) is 2. The van der Waals surface area contributed by atoms with Crippen LogP contribution in [0.2, 0.25) is 0 Å². The smallest absolute Gasteiger partial charge is 0.163 e. The third-order valence-electron chi connectivity index (χ3n) is 3.94. The lowest BCUT2D eigenvalue weighted by Gasteiger charge is -2.16. The Bertz CT molecular complexity index is 610. The number of phenolic OH excluding ortho intramolecular Hbond substituents is 1. The van der Waals surface area contributed by atoms with Gasteiger partial charge in [-0.1, -0.05) is 12.1 Å². The standard InChI is InChI=1S/C16H19N3O/c1-10-15(12-7-8-17-9-12)11(2)19-16(18-10)13-5-3-4-6-14(13)20/h3-6,12,17,20H,7-9H2,1-2H3. The molecule has 0 saturated carbocycles. The molecule has 1 fully saturated rings. The number of benzene rings is 1. The quantitative estimate of drug-likeness (QED) is 0.879. The Morgan fingerprint density at radius 3 is 2.45 bits per heavy atom. The maximum Gasteiger partial charge on any atom is 0.163 e. The fraction of sp³-hybridized carbons (Fsp3) is 0.375. The molecule has 0 amide bonds. The number of aromatic nitrogens is 2. The summed E-state index contributed by atoms with van der Waals surface area (Å²) in [5.74, 6) is 1.34. The van der Waals surface area contributed by atoms with Gasteiger partial charge in [0.05, 0.1) is 5.56 Å². The minimum atomic E-state index is 0.224. The summed E-state index contributed by atoms with van der Waals surface area (Å²) in [5.41, 5.74) is 3.98. The second kappa shape index (κ2) is 5.21. The van der Waals surface area contributed by atoms with Crippen LogP contribution < -0.4 is 5.32 Å². The number of rotatable bonds is 2. The van der Waals surface area contributed by atoms with Gasteiger partial charge >= 0.3 is 0 Å². The zero-order valence-corrected chi connectivity index (χ0v) is 11.8. The molecule has 2 N–H and O–H groups in total. The first-order valence-electron chi connectivity index (χ1n) is 7.01. The van der Waals surface area contributed by atoms with E-state index in [1.165, 1.54) is 5.56 Å². The summed E-state index contributed by atoms with van der Waals surface area (Å²) in [7, 11) is 0. The van der Waals surface area contributed by atoms with Gasteiger partial charge in [0.2, 0.25) is 0 Å². The lowest BCUT2D eigenvalue weighted by Crippen LogP contribution is -2.12. The SMILES string of the molecule is Cc1nc(-c2ccccc2O)nc(C)c1C1CCNC1. The first kappa shape index (κ1) is 13.1. The van der Waals surface area contributed by atoms with E-state index in [9.17, 15) is 5.11 Å². The minimum absolute atomic E-state index is 0.224. The van der Waals surface area contributed by atoms with Gasteiger partial charge in [-0.15, -0.1) is 0 Å². The number of nitrogens with zero attached hydrogens (tertiary/aromatic N) is 2. The maximum absolute atomic E-state index is 9.94. The second-order valence-electron chi connectivity index (χ2n) is 5.34. The molecule has 0 spiro atoms. The summed E-state index contributed by atoms with van der Waals surface area (Å²) < 4.78 is 0. The predicted octanol–water partition coefficient (Wildman–Crippen LogP) is 2.54. The normalized spacial score (nSPS) is 18.4. The van der Waals surface area contributed by atoms with Gasteiger partial charge in [-0.25, -0.2) is 9.97 Å².